The lowest BCUT2D eigenvalue weighted by Gasteiger charge is -2.49. The first kappa shape index (κ1) is 22.8. The summed E-state index contributed by atoms with van der Waals surface area (Å²) in [5, 5.41) is 11.8. The van der Waals surface area contributed by atoms with Crippen LogP contribution in [0.3, 0.4) is 0 Å². The Balaban J connectivity index is 1.88. The molecule has 1 fully saturated rings. The van der Waals surface area contributed by atoms with Crippen LogP contribution in [0, 0.1) is 0 Å². The number of carbonyl (C=O) groups excluding carboxylic acids is 3. The number of thioether (sulfide) groups is 1. The number of hydrogen-bond acceptors (Lipinski definition) is 8. The third-order valence-electron chi connectivity index (χ3n) is 4.99. The normalized spacial score (nSPS) is 21.1. The Hall–Kier alpha value is -2.89. The van der Waals surface area contributed by atoms with E-state index in [4.69, 9.17) is 15.2 Å². The first-order valence-corrected chi connectivity index (χ1v) is 10.5. The highest BCUT2D eigenvalue weighted by Crippen LogP contribution is 2.42. The molecule has 0 saturated carbocycles. The zero-order valence-electron chi connectivity index (χ0n) is 17.0. The summed E-state index contributed by atoms with van der Waals surface area (Å²) < 4.78 is 10.3. The second kappa shape index (κ2) is 9.50. The van der Waals surface area contributed by atoms with Crippen LogP contribution in [0.5, 0.6) is 0 Å². The topological polar surface area (TPSA) is 148 Å². The molecule has 2 heterocycles. The van der Waals surface area contributed by atoms with Crippen LogP contribution in [0.4, 0.5) is 0 Å². The van der Waals surface area contributed by atoms with Gasteiger partial charge in [-0.05, 0) is 11.1 Å². The lowest BCUT2D eigenvalue weighted by molar-refractivity contribution is -0.162. The number of rotatable bonds is 8. The van der Waals surface area contributed by atoms with Crippen molar-refractivity contribution in [3.63, 3.8) is 0 Å². The van der Waals surface area contributed by atoms with Gasteiger partial charge in [0.1, 0.15) is 11.1 Å². The molecule has 0 radical (unpaired) electrons. The predicted molar refractivity (Wildman–Crippen MR) is 110 cm³/mol. The quantitative estimate of drug-likeness (QED) is 0.282. The zero-order valence-corrected chi connectivity index (χ0v) is 17.8. The van der Waals surface area contributed by atoms with Gasteiger partial charge in [0.2, 0.25) is 12.1 Å². The summed E-state index contributed by atoms with van der Waals surface area (Å²) in [4.78, 5) is 49.8. The summed E-state index contributed by atoms with van der Waals surface area (Å²) in [6.07, 6.45) is -2.11. The van der Waals surface area contributed by atoms with Crippen LogP contribution in [-0.4, -0.2) is 64.3 Å². The lowest BCUT2D eigenvalue weighted by atomic mass is 10.0. The molecule has 0 aliphatic carbocycles. The minimum Gasteiger partial charge on any atom is -0.477 e. The highest BCUT2D eigenvalue weighted by molar-refractivity contribution is 8.00. The van der Waals surface area contributed by atoms with Gasteiger partial charge in [-0.1, -0.05) is 24.3 Å². The van der Waals surface area contributed by atoms with Crippen LogP contribution in [0.2, 0.25) is 0 Å². The number of nitrogens with two attached hydrogens (primary N) is 1. The molecule has 31 heavy (non-hydrogen) atoms. The van der Waals surface area contributed by atoms with E-state index in [2.05, 4.69) is 5.32 Å². The third-order valence-corrected chi connectivity index (χ3v) is 6.26. The number of amides is 2. The Bertz CT molecular complexity index is 948. The van der Waals surface area contributed by atoms with Gasteiger partial charge >= 0.3 is 11.9 Å². The van der Waals surface area contributed by atoms with Crippen LogP contribution in [0.1, 0.15) is 18.1 Å². The highest BCUT2D eigenvalue weighted by atomic mass is 32.2. The van der Waals surface area contributed by atoms with Gasteiger partial charge in [-0.2, -0.15) is 0 Å². The van der Waals surface area contributed by atoms with E-state index in [1.807, 2.05) is 6.07 Å². The molecule has 0 aromatic heterocycles. The van der Waals surface area contributed by atoms with Crippen LogP contribution in [0.15, 0.2) is 35.5 Å². The Labute approximate surface area is 182 Å². The number of nitrogens with one attached hydrogen (secondary N) is 1. The standard InChI is InChI=1S/C20H23N3O7S/c1-10(24)30-17(22-14(25)7-11-5-3-4-6-12(11)8-21)13-9-31-19-16(29-2)18(26)23(19)15(13)20(27)28/h3-6,16-17,19H,7-9,21H2,1-2H3,(H,22,25)(H,27,28)/t16-,17?,19+/m0/s1. The van der Waals surface area contributed by atoms with Crippen molar-refractivity contribution < 1.29 is 33.8 Å². The van der Waals surface area contributed by atoms with Gasteiger partial charge in [0.15, 0.2) is 6.10 Å². The molecular weight excluding hydrogens is 426 g/mol. The fraction of sp³-hybridized carbons (Fsp3) is 0.400. The van der Waals surface area contributed by atoms with Gasteiger partial charge in [-0.3, -0.25) is 19.3 Å². The second-order valence-electron chi connectivity index (χ2n) is 6.95. The molecular formula is C20H23N3O7S. The van der Waals surface area contributed by atoms with E-state index >= 15 is 0 Å². The summed E-state index contributed by atoms with van der Waals surface area (Å²) in [6.45, 7) is 1.40. The van der Waals surface area contributed by atoms with E-state index in [1.165, 1.54) is 18.9 Å². The minimum absolute atomic E-state index is 0.0367. The van der Waals surface area contributed by atoms with Crippen LogP contribution in [0.25, 0.3) is 0 Å². The monoisotopic (exact) mass is 449 g/mol. The number of nitrogens with zero attached hydrogens (tertiary/aromatic N) is 1. The fourth-order valence-electron chi connectivity index (χ4n) is 3.55. The number of hydrogen-bond donors (Lipinski definition) is 3. The van der Waals surface area contributed by atoms with Gasteiger partial charge in [0.25, 0.3) is 5.91 Å². The first-order valence-electron chi connectivity index (χ1n) is 9.45. The Morgan fingerprint density at radius 1 is 1.32 bits per heavy atom. The molecule has 2 aliphatic heterocycles. The molecule has 1 saturated heterocycles. The molecule has 0 spiro atoms. The minimum atomic E-state index is -1.36. The molecule has 0 bridgehead atoms. The Kier molecular flexibility index (Phi) is 6.98. The average molecular weight is 449 g/mol. The molecule has 3 atom stereocenters. The number of ether oxygens (including phenoxy) is 2. The van der Waals surface area contributed by atoms with Crippen LogP contribution in [-0.2, 0) is 41.6 Å². The molecule has 1 aromatic rings. The first-order chi connectivity index (χ1) is 14.8. The van der Waals surface area contributed by atoms with E-state index in [0.29, 0.717) is 5.56 Å². The number of aliphatic carboxylic acids is 1. The third kappa shape index (κ3) is 4.58. The number of carboxylic acids is 1. The van der Waals surface area contributed by atoms with Gasteiger partial charge < -0.3 is 25.6 Å². The van der Waals surface area contributed by atoms with Gasteiger partial charge in [-0.25, -0.2) is 4.79 Å². The molecule has 10 nitrogen and oxygen atoms in total. The van der Waals surface area contributed by atoms with Gasteiger partial charge in [-0.15, -0.1) is 11.8 Å². The summed E-state index contributed by atoms with van der Waals surface area (Å²) in [7, 11) is 1.38. The molecule has 1 aromatic carbocycles. The van der Waals surface area contributed by atoms with E-state index in [9.17, 15) is 24.3 Å². The molecule has 3 rings (SSSR count). The van der Waals surface area contributed by atoms with Crippen LogP contribution >= 0.6 is 11.8 Å². The number of carbonyl (C=O) groups is 4. The van der Waals surface area contributed by atoms with Gasteiger partial charge in [0.05, 0.1) is 6.42 Å². The van der Waals surface area contributed by atoms with Crippen molar-refractivity contribution in [3.05, 3.63) is 46.7 Å². The van der Waals surface area contributed by atoms with Crippen LogP contribution < -0.4 is 11.1 Å². The summed E-state index contributed by atoms with van der Waals surface area (Å²) in [5.41, 5.74) is 7.01. The Morgan fingerprint density at radius 3 is 2.58 bits per heavy atom. The predicted octanol–water partition coefficient (Wildman–Crippen LogP) is -0.0380. The van der Waals surface area contributed by atoms with Crippen molar-refractivity contribution >= 4 is 35.5 Å². The number of esters is 1. The lowest BCUT2D eigenvalue weighted by Crippen LogP contribution is -2.66. The van der Waals surface area contributed by atoms with Crippen molar-refractivity contribution in [2.45, 2.75) is 37.6 Å². The molecule has 2 aliphatic rings. The van der Waals surface area contributed by atoms with Crippen molar-refractivity contribution in [2.75, 3.05) is 12.9 Å². The van der Waals surface area contributed by atoms with Crippen molar-refractivity contribution in [3.8, 4) is 0 Å². The van der Waals surface area contributed by atoms with E-state index in [1.54, 1.807) is 18.2 Å². The zero-order chi connectivity index (χ0) is 22.7. The number of benzene rings is 1. The molecule has 2 amide bonds. The smallest absolute Gasteiger partial charge is 0.352 e. The van der Waals surface area contributed by atoms with Crippen molar-refractivity contribution in [2.24, 2.45) is 5.73 Å². The van der Waals surface area contributed by atoms with Crippen molar-refractivity contribution in [1.29, 1.82) is 0 Å². The molecule has 1 unspecified atom stereocenters. The molecule has 4 N–H and O–H groups in total. The molecule has 11 heteroatoms. The largest absolute Gasteiger partial charge is 0.477 e. The van der Waals surface area contributed by atoms with E-state index in [0.717, 1.165) is 17.4 Å². The van der Waals surface area contributed by atoms with Crippen molar-refractivity contribution in [1.82, 2.24) is 10.2 Å². The number of fused-ring (bicyclic) bond motifs is 1. The van der Waals surface area contributed by atoms with E-state index in [-0.39, 0.29) is 30.0 Å². The highest BCUT2D eigenvalue weighted by Gasteiger charge is 2.55. The number of β-lactam (4-membered cyclic amide) rings is 1. The summed E-state index contributed by atoms with van der Waals surface area (Å²) in [5.74, 6) is -2.92. The SMILES string of the molecule is CO[C@H]1C(=O)N2C(C(=O)O)=C(C(NC(=O)Cc3ccccc3CN)OC(C)=O)CS[C@H]12. The maximum Gasteiger partial charge on any atom is 0.352 e. The fourth-order valence-corrected chi connectivity index (χ4v) is 4.94. The van der Waals surface area contributed by atoms with Gasteiger partial charge in [0, 0.05) is 31.9 Å². The second-order valence-corrected chi connectivity index (χ2v) is 8.06. The summed E-state index contributed by atoms with van der Waals surface area (Å²) in [6, 6.07) is 7.14. The maximum absolute atomic E-state index is 12.7. The average Bonchev–Trinajstić information content (AvgIpc) is 2.72. The number of carboxylic acid groups (broad SMARTS) is 1. The summed E-state index contributed by atoms with van der Waals surface area (Å²) >= 11 is 1.27. The molecule has 166 valence electrons. The Morgan fingerprint density at radius 2 is 2.00 bits per heavy atom. The van der Waals surface area contributed by atoms with E-state index < -0.39 is 41.5 Å². The number of methoxy groups -OCH3 is 1. The maximum atomic E-state index is 12.7.